The van der Waals surface area contributed by atoms with E-state index >= 15 is 0 Å². The molecule has 1 aromatic carbocycles. The summed E-state index contributed by atoms with van der Waals surface area (Å²) in [6.45, 7) is 8.53. The molecule has 1 atom stereocenters. The van der Waals surface area contributed by atoms with E-state index in [1.165, 1.54) is 0 Å². The molecule has 0 saturated carbocycles. The second-order valence-electron chi connectivity index (χ2n) is 6.46. The number of hydrogen-bond acceptors (Lipinski definition) is 6. The minimum absolute atomic E-state index is 0.0561. The van der Waals surface area contributed by atoms with Gasteiger partial charge in [0.05, 0.1) is 36.9 Å². The maximum absolute atomic E-state index is 12.7. The van der Waals surface area contributed by atoms with E-state index in [0.717, 1.165) is 0 Å². The predicted molar refractivity (Wildman–Crippen MR) is 99.1 cm³/mol. The molecule has 0 radical (unpaired) electrons. The molecule has 0 bridgehead atoms. The first-order valence-corrected chi connectivity index (χ1v) is 10.6. The van der Waals surface area contributed by atoms with Crippen molar-refractivity contribution in [2.24, 2.45) is 0 Å². The van der Waals surface area contributed by atoms with E-state index in [1.807, 2.05) is 20.8 Å². The number of benzene rings is 1. The molecule has 1 saturated heterocycles. The number of ether oxygens (including phenoxy) is 3. The van der Waals surface area contributed by atoms with Crippen molar-refractivity contribution in [1.29, 1.82) is 0 Å². The molecule has 1 fully saturated rings. The topological polar surface area (TPSA) is 90.9 Å². The van der Waals surface area contributed by atoms with E-state index in [4.69, 9.17) is 14.2 Å². The van der Waals surface area contributed by atoms with Gasteiger partial charge < -0.3 is 19.5 Å². The molecule has 1 aliphatic rings. The third-order valence-corrected chi connectivity index (χ3v) is 5.99. The Balaban J connectivity index is 2.34. The van der Waals surface area contributed by atoms with Gasteiger partial charge in [-0.05, 0) is 46.2 Å². The Hall–Kier alpha value is -1.96. The molecule has 2 rings (SSSR count). The standard InChI is InChI=1S/C18H27NO6S/c1-5-23-14-10-13(11-15(24-6-2)16(14)25-7-3)17(20)19-18(4)8-9-26(21,22)12-18/h10-11H,5-9,12H2,1-4H3,(H,19,20)/t18-/m1/s1. The highest BCUT2D eigenvalue weighted by Crippen LogP contribution is 2.39. The fraction of sp³-hybridized carbons (Fsp3) is 0.611. The highest BCUT2D eigenvalue weighted by Gasteiger charge is 2.39. The number of hydrogen-bond donors (Lipinski definition) is 1. The zero-order valence-electron chi connectivity index (χ0n) is 15.8. The summed E-state index contributed by atoms with van der Waals surface area (Å²) < 4.78 is 40.4. The Bertz CT molecular complexity index is 734. The predicted octanol–water partition coefficient (Wildman–Crippen LogP) is 2.19. The molecule has 1 N–H and O–H groups in total. The van der Waals surface area contributed by atoms with Crippen molar-refractivity contribution in [3.63, 3.8) is 0 Å². The molecular weight excluding hydrogens is 358 g/mol. The summed E-state index contributed by atoms with van der Waals surface area (Å²) in [5.41, 5.74) is -0.433. The fourth-order valence-corrected chi connectivity index (χ4v) is 5.07. The molecule has 0 spiro atoms. The minimum atomic E-state index is -3.11. The molecule has 26 heavy (non-hydrogen) atoms. The van der Waals surface area contributed by atoms with Crippen molar-refractivity contribution >= 4 is 15.7 Å². The normalized spacial score (nSPS) is 21.2. The highest BCUT2D eigenvalue weighted by atomic mass is 32.2. The highest BCUT2D eigenvalue weighted by molar-refractivity contribution is 7.91. The molecule has 1 amide bonds. The number of carbonyl (C=O) groups excluding carboxylic acids is 1. The van der Waals surface area contributed by atoms with Gasteiger partial charge in [-0.1, -0.05) is 0 Å². The van der Waals surface area contributed by atoms with Gasteiger partial charge in [-0.25, -0.2) is 8.42 Å². The Morgan fingerprint density at radius 3 is 2.04 bits per heavy atom. The second-order valence-corrected chi connectivity index (χ2v) is 8.64. The van der Waals surface area contributed by atoms with Crippen LogP contribution in [0.2, 0.25) is 0 Å². The molecule has 0 aromatic heterocycles. The summed E-state index contributed by atoms with van der Waals surface area (Å²) in [6.07, 6.45) is 0.398. The lowest BCUT2D eigenvalue weighted by Gasteiger charge is -2.24. The van der Waals surface area contributed by atoms with Gasteiger partial charge in [0, 0.05) is 5.56 Å². The van der Waals surface area contributed by atoms with E-state index < -0.39 is 15.4 Å². The molecule has 7 nitrogen and oxygen atoms in total. The molecule has 0 unspecified atom stereocenters. The average Bonchev–Trinajstić information content (AvgIpc) is 2.83. The van der Waals surface area contributed by atoms with Gasteiger partial charge in [0.1, 0.15) is 0 Å². The first-order valence-electron chi connectivity index (χ1n) is 8.83. The number of nitrogens with one attached hydrogen (secondary N) is 1. The molecule has 8 heteroatoms. The van der Waals surface area contributed by atoms with Crippen molar-refractivity contribution in [3.05, 3.63) is 17.7 Å². The zero-order valence-corrected chi connectivity index (χ0v) is 16.6. The second kappa shape index (κ2) is 8.16. The number of sulfone groups is 1. The molecule has 1 aliphatic heterocycles. The van der Waals surface area contributed by atoms with Crippen LogP contribution in [0.3, 0.4) is 0 Å². The summed E-state index contributed by atoms with van der Waals surface area (Å²) in [5.74, 6) is 0.974. The van der Waals surface area contributed by atoms with Crippen LogP contribution < -0.4 is 19.5 Å². The monoisotopic (exact) mass is 385 g/mol. The fourth-order valence-electron chi connectivity index (χ4n) is 2.98. The van der Waals surface area contributed by atoms with Gasteiger partial charge in [-0.15, -0.1) is 0 Å². The maximum Gasteiger partial charge on any atom is 0.252 e. The van der Waals surface area contributed by atoms with Gasteiger partial charge in [0.25, 0.3) is 5.91 Å². The van der Waals surface area contributed by atoms with Crippen LogP contribution in [0.4, 0.5) is 0 Å². The van der Waals surface area contributed by atoms with Crippen LogP contribution in [0.15, 0.2) is 12.1 Å². The number of rotatable bonds is 8. The quantitative estimate of drug-likeness (QED) is 0.738. The SMILES string of the molecule is CCOc1cc(C(=O)N[C@]2(C)CCS(=O)(=O)C2)cc(OCC)c1OCC. The summed E-state index contributed by atoms with van der Waals surface area (Å²) >= 11 is 0. The summed E-state index contributed by atoms with van der Waals surface area (Å²) in [7, 11) is -3.11. The van der Waals surface area contributed by atoms with Gasteiger partial charge in [-0.2, -0.15) is 0 Å². The van der Waals surface area contributed by atoms with E-state index in [2.05, 4.69) is 5.32 Å². The van der Waals surface area contributed by atoms with Crippen LogP contribution in [-0.4, -0.2) is 51.2 Å². The van der Waals surface area contributed by atoms with Crippen LogP contribution in [-0.2, 0) is 9.84 Å². The van der Waals surface area contributed by atoms with Crippen molar-refractivity contribution in [2.75, 3.05) is 31.3 Å². The average molecular weight is 385 g/mol. The van der Waals surface area contributed by atoms with Crippen LogP contribution in [0.1, 0.15) is 44.5 Å². The van der Waals surface area contributed by atoms with E-state index in [-0.39, 0.29) is 17.4 Å². The zero-order chi connectivity index (χ0) is 19.4. The van der Waals surface area contributed by atoms with Gasteiger partial charge in [0.15, 0.2) is 21.3 Å². The van der Waals surface area contributed by atoms with Gasteiger partial charge in [0.2, 0.25) is 5.75 Å². The van der Waals surface area contributed by atoms with Gasteiger partial charge in [-0.3, -0.25) is 4.79 Å². The Morgan fingerprint density at radius 1 is 1.08 bits per heavy atom. The lowest BCUT2D eigenvalue weighted by Crippen LogP contribution is -2.46. The van der Waals surface area contributed by atoms with Crippen LogP contribution in [0.5, 0.6) is 17.2 Å². The third-order valence-electron chi connectivity index (χ3n) is 4.09. The van der Waals surface area contributed by atoms with E-state index in [0.29, 0.717) is 49.1 Å². The molecule has 1 aromatic rings. The third kappa shape index (κ3) is 4.81. The summed E-state index contributed by atoms with van der Waals surface area (Å²) in [5, 5.41) is 2.85. The molecule has 1 heterocycles. The number of amides is 1. The van der Waals surface area contributed by atoms with Crippen molar-refractivity contribution < 1.29 is 27.4 Å². The van der Waals surface area contributed by atoms with Crippen LogP contribution in [0, 0.1) is 0 Å². The van der Waals surface area contributed by atoms with Crippen molar-refractivity contribution in [2.45, 2.75) is 39.7 Å². The van der Waals surface area contributed by atoms with E-state index in [1.54, 1.807) is 19.1 Å². The largest absolute Gasteiger partial charge is 0.490 e. The maximum atomic E-state index is 12.7. The lowest BCUT2D eigenvalue weighted by molar-refractivity contribution is 0.0914. The molecule has 146 valence electrons. The van der Waals surface area contributed by atoms with Gasteiger partial charge >= 0.3 is 0 Å². The van der Waals surface area contributed by atoms with Crippen LogP contribution in [0.25, 0.3) is 0 Å². The first kappa shape index (κ1) is 20.4. The van der Waals surface area contributed by atoms with Crippen molar-refractivity contribution in [3.8, 4) is 17.2 Å². The Morgan fingerprint density at radius 2 is 1.62 bits per heavy atom. The minimum Gasteiger partial charge on any atom is -0.490 e. The van der Waals surface area contributed by atoms with Crippen molar-refractivity contribution in [1.82, 2.24) is 5.32 Å². The Labute approximate surface area is 154 Å². The molecule has 0 aliphatic carbocycles. The Kier molecular flexibility index (Phi) is 6.39. The lowest BCUT2D eigenvalue weighted by atomic mass is 10.0. The smallest absolute Gasteiger partial charge is 0.252 e. The van der Waals surface area contributed by atoms with E-state index in [9.17, 15) is 13.2 Å². The first-order chi connectivity index (χ1) is 12.2. The summed E-state index contributed by atoms with van der Waals surface area (Å²) in [4.78, 5) is 12.7. The van der Waals surface area contributed by atoms with Crippen LogP contribution >= 0.6 is 0 Å². The number of carbonyl (C=O) groups is 1. The molecular formula is C18H27NO6S. The summed E-state index contributed by atoms with van der Waals surface area (Å²) in [6, 6.07) is 3.19.